The second-order valence-electron chi connectivity index (χ2n) is 5.79. The standard InChI is InChI=1S/C17H22ClNO5S/c1-3-6-24-14-12(18)9-11(10-13(14)23-2)15(20)19-17(16(21)22)4-7-25-8-5-17/h9-10H,3-8H2,1-2H3,(H,19,20)(H,21,22). The van der Waals surface area contributed by atoms with E-state index in [1.807, 2.05) is 6.92 Å². The molecule has 2 N–H and O–H groups in total. The lowest BCUT2D eigenvalue weighted by molar-refractivity contribution is -0.144. The number of carboxylic acids is 1. The lowest BCUT2D eigenvalue weighted by Gasteiger charge is -2.33. The second kappa shape index (κ2) is 8.67. The third-order valence-electron chi connectivity index (χ3n) is 4.05. The molecule has 1 fully saturated rings. The van der Waals surface area contributed by atoms with E-state index in [4.69, 9.17) is 21.1 Å². The van der Waals surface area contributed by atoms with Gasteiger partial charge in [0.1, 0.15) is 5.54 Å². The number of halogens is 1. The fraction of sp³-hybridized carbons (Fsp3) is 0.529. The Morgan fingerprint density at radius 1 is 1.36 bits per heavy atom. The predicted octanol–water partition coefficient (Wildman–Crippen LogP) is 3.22. The topological polar surface area (TPSA) is 84.9 Å². The van der Waals surface area contributed by atoms with Crippen LogP contribution in [0.1, 0.15) is 36.5 Å². The van der Waals surface area contributed by atoms with Gasteiger partial charge in [0.05, 0.1) is 18.7 Å². The number of carbonyl (C=O) groups excluding carboxylic acids is 1. The van der Waals surface area contributed by atoms with Crippen molar-refractivity contribution in [3.63, 3.8) is 0 Å². The van der Waals surface area contributed by atoms with Crippen molar-refractivity contribution < 1.29 is 24.2 Å². The minimum absolute atomic E-state index is 0.240. The Morgan fingerprint density at radius 2 is 2.04 bits per heavy atom. The summed E-state index contributed by atoms with van der Waals surface area (Å²) < 4.78 is 10.8. The van der Waals surface area contributed by atoms with Gasteiger partial charge in [-0.25, -0.2) is 4.79 Å². The summed E-state index contributed by atoms with van der Waals surface area (Å²) in [6, 6.07) is 2.98. The number of carboxylic acid groups (broad SMARTS) is 1. The van der Waals surface area contributed by atoms with Crippen LogP contribution < -0.4 is 14.8 Å². The highest BCUT2D eigenvalue weighted by Gasteiger charge is 2.41. The monoisotopic (exact) mass is 387 g/mol. The van der Waals surface area contributed by atoms with Gasteiger partial charge in [-0.05, 0) is 42.9 Å². The van der Waals surface area contributed by atoms with Gasteiger partial charge in [0.25, 0.3) is 5.91 Å². The number of methoxy groups -OCH3 is 1. The molecule has 1 aliphatic rings. The zero-order chi connectivity index (χ0) is 18.4. The molecule has 2 rings (SSSR count). The number of hydrogen-bond donors (Lipinski definition) is 2. The Balaban J connectivity index is 2.26. The quantitative estimate of drug-likeness (QED) is 0.747. The molecule has 1 aromatic rings. The van der Waals surface area contributed by atoms with E-state index in [0.29, 0.717) is 42.5 Å². The molecule has 6 nitrogen and oxygen atoms in total. The van der Waals surface area contributed by atoms with Crippen LogP contribution in [0.25, 0.3) is 0 Å². The number of nitrogens with one attached hydrogen (secondary N) is 1. The van der Waals surface area contributed by atoms with Gasteiger partial charge in [-0.2, -0.15) is 11.8 Å². The lowest BCUT2D eigenvalue weighted by atomic mass is 9.92. The molecule has 0 aromatic heterocycles. The van der Waals surface area contributed by atoms with Crippen LogP contribution in [0.3, 0.4) is 0 Å². The Labute approximate surface area is 156 Å². The molecule has 1 saturated heterocycles. The largest absolute Gasteiger partial charge is 0.493 e. The molecule has 0 unspecified atom stereocenters. The molecule has 138 valence electrons. The van der Waals surface area contributed by atoms with Crippen LogP contribution >= 0.6 is 23.4 Å². The minimum Gasteiger partial charge on any atom is -0.493 e. The summed E-state index contributed by atoms with van der Waals surface area (Å²) in [4.78, 5) is 24.3. The number of rotatable bonds is 7. The van der Waals surface area contributed by atoms with E-state index in [1.54, 1.807) is 11.8 Å². The van der Waals surface area contributed by atoms with Gasteiger partial charge >= 0.3 is 5.97 Å². The third-order valence-corrected chi connectivity index (χ3v) is 5.32. The highest BCUT2D eigenvalue weighted by atomic mass is 35.5. The van der Waals surface area contributed by atoms with Crippen LogP contribution in [0.5, 0.6) is 11.5 Å². The van der Waals surface area contributed by atoms with Crippen molar-refractivity contribution in [3.8, 4) is 11.5 Å². The Kier molecular flexibility index (Phi) is 6.84. The van der Waals surface area contributed by atoms with Crippen LogP contribution in [-0.4, -0.2) is 47.7 Å². The fourth-order valence-corrected chi connectivity index (χ4v) is 4.05. The van der Waals surface area contributed by atoms with Crippen molar-refractivity contribution in [3.05, 3.63) is 22.7 Å². The first-order valence-corrected chi connectivity index (χ1v) is 9.60. The first-order valence-electron chi connectivity index (χ1n) is 8.07. The summed E-state index contributed by atoms with van der Waals surface area (Å²) in [6.45, 7) is 2.44. The summed E-state index contributed by atoms with van der Waals surface area (Å²) in [5.41, 5.74) is -0.996. The lowest BCUT2D eigenvalue weighted by Crippen LogP contribution is -2.56. The van der Waals surface area contributed by atoms with Gasteiger partial charge in [0.2, 0.25) is 0 Å². The van der Waals surface area contributed by atoms with Gasteiger partial charge in [-0.3, -0.25) is 4.79 Å². The Morgan fingerprint density at radius 3 is 2.60 bits per heavy atom. The van der Waals surface area contributed by atoms with Crippen LogP contribution in [0.2, 0.25) is 5.02 Å². The number of carbonyl (C=O) groups is 2. The molecule has 0 atom stereocenters. The Bertz CT molecular complexity index is 646. The maximum Gasteiger partial charge on any atom is 0.329 e. The molecule has 1 heterocycles. The molecule has 0 radical (unpaired) electrons. The van der Waals surface area contributed by atoms with E-state index >= 15 is 0 Å². The van der Waals surface area contributed by atoms with Crippen LogP contribution in [0.15, 0.2) is 12.1 Å². The zero-order valence-corrected chi connectivity index (χ0v) is 15.8. The summed E-state index contributed by atoms with van der Waals surface area (Å²) in [5.74, 6) is 0.610. The number of amides is 1. The van der Waals surface area contributed by atoms with E-state index in [1.165, 1.54) is 19.2 Å². The maximum absolute atomic E-state index is 12.6. The highest BCUT2D eigenvalue weighted by Crippen LogP contribution is 2.37. The first kappa shape index (κ1) is 19.7. The number of hydrogen-bond acceptors (Lipinski definition) is 5. The van der Waals surface area contributed by atoms with Crippen molar-refractivity contribution in [2.24, 2.45) is 0 Å². The molecule has 1 aliphatic heterocycles. The number of thioether (sulfide) groups is 1. The molecule has 25 heavy (non-hydrogen) atoms. The summed E-state index contributed by atoms with van der Waals surface area (Å²) in [5, 5.41) is 12.5. The summed E-state index contributed by atoms with van der Waals surface area (Å²) >= 11 is 7.91. The van der Waals surface area contributed by atoms with Crippen molar-refractivity contribution >= 4 is 35.2 Å². The van der Waals surface area contributed by atoms with Crippen molar-refractivity contribution in [1.29, 1.82) is 0 Å². The van der Waals surface area contributed by atoms with Gasteiger partial charge in [0.15, 0.2) is 11.5 Å². The average molecular weight is 388 g/mol. The average Bonchev–Trinajstić information content (AvgIpc) is 2.60. The molecule has 1 amide bonds. The van der Waals surface area contributed by atoms with Crippen molar-refractivity contribution in [1.82, 2.24) is 5.32 Å². The normalized spacial score (nSPS) is 16.1. The summed E-state index contributed by atoms with van der Waals surface area (Å²) in [6.07, 6.45) is 1.59. The van der Waals surface area contributed by atoms with Gasteiger partial charge in [0, 0.05) is 5.56 Å². The number of ether oxygens (including phenoxy) is 2. The fourth-order valence-electron chi connectivity index (χ4n) is 2.60. The summed E-state index contributed by atoms with van der Waals surface area (Å²) in [7, 11) is 1.46. The van der Waals surface area contributed by atoms with Crippen LogP contribution in [0, 0.1) is 0 Å². The third kappa shape index (κ3) is 4.52. The molecule has 0 bridgehead atoms. The SMILES string of the molecule is CCCOc1c(Cl)cc(C(=O)NC2(C(=O)O)CCSCC2)cc1OC. The molecular weight excluding hydrogens is 366 g/mol. The molecule has 0 saturated carbocycles. The van der Waals surface area contributed by atoms with Crippen molar-refractivity contribution in [2.45, 2.75) is 31.7 Å². The van der Waals surface area contributed by atoms with Crippen LogP contribution in [0.4, 0.5) is 0 Å². The first-order chi connectivity index (χ1) is 11.9. The van der Waals surface area contributed by atoms with Gasteiger partial charge in [-0.15, -0.1) is 0 Å². The van der Waals surface area contributed by atoms with Crippen molar-refractivity contribution in [2.75, 3.05) is 25.2 Å². The second-order valence-corrected chi connectivity index (χ2v) is 7.42. The molecule has 1 aromatic carbocycles. The Hall–Kier alpha value is -1.60. The van der Waals surface area contributed by atoms with Gasteiger partial charge < -0.3 is 19.9 Å². The van der Waals surface area contributed by atoms with Gasteiger partial charge in [-0.1, -0.05) is 18.5 Å². The van der Waals surface area contributed by atoms with Crippen LogP contribution in [-0.2, 0) is 4.79 Å². The predicted molar refractivity (Wildman–Crippen MR) is 98.2 cm³/mol. The highest BCUT2D eigenvalue weighted by molar-refractivity contribution is 7.99. The molecule has 0 aliphatic carbocycles. The van der Waals surface area contributed by atoms with E-state index in [2.05, 4.69) is 5.32 Å². The molecule has 0 spiro atoms. The zero-order valence-electron chi connectivity index (χ0n) is 14.3. The maximum atomic E-state index is 12.6. The number of aliphatic carboxylic acids is 1. The van der Waals surface area contributed by atoms with E-state index in [-0.39, 0.29) is 10.6 Å². The van der Waals surface area contributed by atoms with E-state index < -0.39 is 17.4 Å². The van der Waals surface area contributed by atoms with E-state index in [0.717, 1.165) is 6.42 Å². The number of benzene rings is 1. The molecular formula is C17H22ClNO5S. The minimum atomic E-state index is -1.24. The molecule has 8 heteroatoms. The van der Waals surface area contributed by atoms with E-state index in [9.17, 15) is 14.7 Å². The smallest absolute Gasteiger partial charge is 0.329 e.